The summed E-state index contributed by atoms with van der Waals surface area (Å²) < 4.78 is 0. The average molecular weight is 389 g/mol. The van der Waals surface area contributed by atoms with Crippen molar-refractivity contribution in [3.8, 4) is 0 Å². The largest absolute Gasteiger partial charge is 0.298 e. The number of halogens is 3. The Balaban J connectivity index is 2.55. The van der Waals surface area contributed by atoms with Crippen molar-refractivity contribution in [1.82, 2.24) is 0 Å². The highest BCUT2D eigenvalue weighted by Gasteiger charge is 2.71. The summed E-state index contributed by atoms with van der Waals surface area (Å²) in [5.41, 5.74) is -0.123. The third kappa shape index (κ3) is 1.03. The Hall–Kier alpha value is 1.11. The van der Waals surface area contributed by atoms with Crippen LogP contribution in [0.4, 0.5) is 0 Å². The van der Waals surface area contributed by atoms with Crippen LogP contribution in [0, 0.1) is 16.7 Å². The predicted molar refractivity (Wildman–Crippen MR) is 68.6 cm³/mol. The zero-order chi connectivity index (χ0) is 10.7. The number of ketones is 1. The summed E-state index contributed by atoms with van der Waals surface area (Å²) >= 11 is 10.8. The van der Waals surface area contributed by atoms with Gasteiger partial charge in [-0.3, -0.25) is 4.79 Å². The minimum absolute atomic E-state index is 0.0591. The quantitative estimate of drug-likeness (QED) is 0.628. The van der Waals surface area contributed by atoms with E-state index in [2.05, 4.69) is 61.6 Å². The van der Waals surface area contributed by atoms with E-state index < -0.39 is 0 Å². The molecule has 14 heavy (non-hydrogen) atoms. The monoisotopic (exact) mass is 386 g/mol. The Morgan fingerprint density at radius 2 is 2.00 bits per heavy atom. The average Bonchev–Trinajstić information content (AvgIpc) is 2.38. The van der Waals surface area contributed by atoms with E-state index in [1.54, 1.807) is 0 Å². The highest BCUT2D eigenvalue weighted by atomic mass is 79.9. The first-order chi connectivity index (χ1) is 6.39. The van der Waals surface area contributed by atoms with E-state index in [9.17, 15) is 4.79 Å². The molecule has 2 aliphatic carbocycles. The maximum Gasteiger partial charge on any atom is 0.155 e. The molecule has 0 amide bonds. The molecule has 2 rings (SSSR count). The SMILES string of the molecule is CC1(C)C2CC(Br)C1(CBr)C(=O)C2Br. The molecular formula is C10H13Br3O. The molecule has 0 saturated heterocycles. The summed E-state index contributed by atoms with van der Waals surface area (Å²) in [5.74, 6) is 0.842. The van der Waals surface area contributed by atoms with Crippen molar-refractivity contribution in [2.75, 3.05) is 5.33 Å². The van der Waals surface area contributed by atoms with E-state index in [0.29, 0.717) is 16.5 Å². The van der Waals surface area contributed by atoms with Gasteiger partial charge in [0, 0.05) is 10.2 Å². The molecular weight excluding hydrogens is 376 g/mol. The zero-order valence-electron chi connectivity index (χ0n) is 8.19. The summed E-state index contributed by atoms with van der Waals surface area (Å²) in [6, 6.07) is 0. The van der Waals surface area contributed by atoms with Crippen molar-refractivity contribution in [2.45, 2.75) is 29.9 Å². The molecule has 2 bridgehead atoms. The number of fused-ring (bicyclic) bond motifs is 2. The topological polar surface area (TPSA) is 17.1 Å². The lowest BCUT2D eigenvalue weighted by molar-refractivity contribution is -0.126. The second-order valence-electron chi connectivity index (χ2n) is 4.90. The van der Waals surface area contributed by atoms with Crippen LogP contribution in [0.1, 0.15) is 20.3 Å². The second-order valence-corrected chi connectivity index (χ2v) is 7.55. The van der Waals surface area contributed by atoms with Gasteiger partial charge in [0.05, 0.1) is 10.2 Å². The summed E-state index contributed by atoms with van der Waals surface area (Å²) in [6.45, 7) is 4.44. The van der Waals surface area contributed by atoms with Crippen molar-refractivity contribution < 1.29 is 4.79 Å². The van der Waals surface area contributed by atoms with Gasteiger partial charge in [-0.2, -0.15) is 0 Å². The minimum atomic E-state index is -0.216. The van der Waals surface area contributed by atoms with Crippen molar-refractivity contribution >= 4 is 53.6 Å². The van der Waals surface area contributed by atoms with E-state index in [4.69, 9.17) is 0 Å². The minimum Gasteiger partial charge on any atom is -0.298 e. The van der Waals surface area contributed by atoms with E-state index in [-0.39, 0.29) is 15.7 Å². The van der Waals surface area contributed by atoms with Gasteiger partial charge in [-0.05, 0) is 17.8 Å². The lowest BCUT2D eigenvalue weighted by atomic mass is 9.70. The van der Waals surface area contributed by atoms with Crippen LogP contribution in [0.5, 0.6) is 0 Å². The third-order valence-corrected chi connectivity index (χ3v) is 7.42. The van der Waals surface area contributed by atoms with Gasteiger partial charge in [-0.15, -0.1) is 0 Å². The maximum absolute atomic E-state index is 12.2. The Bertz CT molecular complexity index is 289. The molecule has 2 saturated carbocycles. The molecule has 0 aromatic heterocycles. The molecule has 2 fully saturated rings. The molecule has 0 N–H and O–H groups in total. The summed E-state index contributed by atoms with van der Waals surface area (Å²) in [5, 5.41) is 0.764. The van der Waals surface area contributed by atoms with Gasteiger partial charge < -0.3 is 0 Å². The van der Waals surface area contributed by atoms with Crippen LogP contribution in [0.2, 0.25) is 0 Å². The zero-order valence-corrected chi connectivity index (χ0v) is 12.9. The normalized spacial score (nSPS) is 50.1. The fourth-order valence-electron chi connectivity index (χ4n) is 3.16. The predicted octanol–water partition coefficient (Wildman–Crippen LogP) is 3.52. The number of alkyl halides is 3. The second kappa shape index (κ2) is 3.30. The number of hydrogen-bond donors (Lipinski definition) is 0. The lowest BCUT2D eigenvalue weighted by Gasteiger charge is -2.37. The Labute approximate surface area is 110 Å². The molecule has 0 spiro atoms. The van der Waals surface area contributed by atoms with E-state index in [0.717, 1.165) is 11.8 Å². The Morgan fingerprint density at radius 3 is 2.36 bits per heavy atom. The molecule has 4 unspecified atom stereocenters. The molecule has 0 heterocycles. The molecule has 2 aliphatic rings. The summed E-state index contributed by atoms with van der Waals surface area (Å²) in [4.78, 5) is 12.6. The van der Waals surface area contributed by atoms with E-state index in [1.807, 2.05) is 0 Å². The molecule has 4 atom stereocenters. The standard InChI is InChI=1S/C10H13Br3O/c1-9(2)5-3-6(12)10(9,4-11)8(14)7(5)13/h5-7H,3-4H2,1-2H3. The fourth-order valence-corrected chi connectivity index (χ4v) is 7.65. The van der Waals surface area contributed by atoms with Crippen LogP contribution in [0.15, 0.2) is 0 Å². The van der Waals surface area contributed by atoms with Gasteiger partial charge in [0.1, 0.15) is 0 Å². The number of rotatable bonds is 1. The number of hydrogen-bond acceptors (Lipinski definition) is 1. The highest BCUT2D eigenvalue weighted by Crippen LogP contribution is 2.67. The maximum atomic E-state index is 12.2. The van der Waals surface area contributed by atoms with Crippen LogP contribution < -0.4 is 0 Å². The lowest BCUT2D eigenvalue weighted by Crippen LogP contribution is -2.45. The highest BCUT2D eigenvalue weighted by molar-refractivity contribution is 9.10. The number of carbonyl (C=O) groups is 1. The molecule has 1 nitrogen and oxygen atoms in total. The molecule has 4 heteroatoms. The Kier molecular flexibility index (Phi) is 2.73. The smallest absolute Gasteiger partial charge is 0.155 e. The molecule has 80 valence electrons. The fraction of sp³-hybridized carbons (Fsp3) is 0.900. The van der Waals surface area contributed by atoms with Gasteiger partial charge in [0.2, 0.25) is 0 Å². The van der Waals surface area contributed by atoms with Gasteiger partial charge in [0.25, 0.3) is 0 Å². The van der Waals surface area contributed by atoms with Gasteiger partial charge in [0.15, 0.2) is 5.78 Å². The summed E-state index contributed by atoms with van der Waals surface area (Å²) in [7, 11) is 0. The van der Waals surface area contributed by atoms with Crippen molar-refractivity contribution in [3.63, 3.8) is 0 Å². The number of carbonyl (C=O) groups excluding carboxylic acids is 1. The first kappa shape index (κ1) is 11.6. The van der Waals surface area contributed by atoms with Crippen LogP contribution >= 0.6 is 47.8 Å². The van der Waals surface area contributed by atoms with Gasteiger partial charge in [-0.25, -0.2) is 0 Å². The molecule has 0 radical (unpaired) electrons. The van der Waals surface area contributed by atoms with E-state index in [1.165, 1.54) is 0 Å². The number of Topliss-reactive ketones (excluding diaryl/α,β-unsaturated/α-hetero) is 1. The van der Waals surface area contributed by atoms with Gasteiger partial charge in [-0.1, -0.05) is 61.6 Å². The first-order valence-electron chi connectivity index (χ1n) is 4.78. The van der Waals surface area contributed by atoms with Crippen LogP contribution in [-0.2, 0) is 4.79 Å². The molecule has 0 aliphatic heterocycles. The van der Waals surface area contributed by atoms with Crippen LogP contribution in [0.25, 0.3) is 0 Å². The van der Waals surface area contributed by atoms with Crippen molar-refractivity contribution in [3.05, 3.63) is 0 Å². The van der Waals surface area contributed by atoms with Crippen LogP contribution in [0.3, 0.4) is 0 Å². The van der Waals surface area contributed by atoms with Crippen LogP contribution in [-0.4, -0.2) is 20.8 Å². The third-order valence-electron chi connectivity index (χ3n) is 4.33. The molecule has 0 aromatic rings. The van der Waals surface area contributed by atoms with Crippen molar-refractivity contribution in [2.24, 2.45) is 16.7 Å². The first-order valence-corrected chi connectivity index (χ1v) is 7.73. The Morgan fingerprint density at radius 1 is 1.43 bits per heavy atom. The van der Waals surface area contributed by atoms with Gasteiger partial charge >= 0.3 is 0 Å². The summed E-state index contributed by atoms with van der Waals surface area (Å²) in [6.07, 6.45) is 1.10. The molecule has 0 aromatic carbocycles. The van der Waals surface area contributed by atoms with Crippen molar-refractivity contribution in [1.29, 1.82) is 0 Å². The van der Waals surface area contributed by atoms with E-state index >= 15 is 0 Å².